The summed E-state index contributed by atoms with van der Waals surface area (Å²) in [6, 6.07) is 16.5. The summed E-state index contributed by atoms with van der Waals surface area (Å²) in [5, 5.41) is 13.1. The van der Waals surface area contributed by atoms with Crippen LogP contribution in [0, 0.1) is 17.2 Å². The molecule has 0 spiro atoms. The number of nitrogens with one attached hydrogen (secondary N) is 1. The molecule has 0 saturated heterocycles. The van der Waals surface area contributed by atoms with E-state index < -0.39 is 5.54 Å². The van der Waals surface area contributed by atoms with Crippen molar-refractivity contribution in [3.8, 4) is 17.5 Å². The number of thioether (sulfide) groups is 1. The Kier molecular flexibility index (Phi) is 7.21. The molecule has 0 fully saturated rings. The second-order valence-corrected chi connectivity index (χ2v) is 8.73. The third-order valence-electron chi connectivity index (χ3n) is 5.27. The number of carbonyl (C=O) groups is 1. The molecule has 1 N–H and O–H groups in total. The zero-order valence-electron chi connectivity index (χ0n) is 18.6. The van der Waals surface area contributed by atoms with E-state index in [0.29, 0.717) is 34.1 Å². The van der Waals surface area contributed by atoms with Crippen LogP contribution in [0.1, 0.15) is 27.7 Å². The number of ether oxygens (including phenoxy) is 1. The van der Waals surface area contributed by atoms with Crippen molar-refractivity contribution in [1.29, 1.82) is 5.26 Å². The Morgan fingerprint density at radius 2 is 1.94 bits per heavy atom. The molecule has 0 aliphatic carbocycles. The van der Waals surface area contributed by atoms with Gasteiger partial charge in [0.1, 0.15) is 11.3 Å². The number of fused-ring (bicyclic) bond motifs is 1. The van der Waals surface area contributed by atoms with Crippen molar-refractivity contribution in [3.63, 3.8) is 0 Å². The highest BCUT2D eigenvalue weighted by atomic mass is 32.2. The van der Waals surface area contributed by atoms with Crippen molar-refractivity contribution < 1.29 is 9.53 Å². The van der Waals surface area contributed by atoms with Crippen LogP contribution in [0.15, 0.2) is 58.5 Å². The second kappa shape index (κ2) is 9.88. The van der Waals surface area contributed by atoms with E-state index in [1.54, 1.807) is 49.4 Å². The molecular formula is C24H26N4O3S. The summed E-state index contributed by atoms with van der Waals surface area (Å²) >= 11 is 1.16. The molecule has 0 radical (unpaired) electrons. The van der Waals surface area contributed by atoms with Gasteiger partial charge in [-0.3, -0.25) is 14.2 Å². The quantitative estimate of drug-likeness (QED) is 0.413. The van der Waals surface area contributed by atoms with Gasteiger partial charge in [0.05, 0.1) is 35.0 Å². The largest absolute Gasteiger partial charge is 0.494 e. The van der Waals surface area contributed by atoms with Gasteiger partial charge in [-0.1, -0.05) is 37.7 Å². The molecule has 1 aromatic heterocycles. The Morgan fingerprint density at radius 1 is 1.25 bits per heavy atom. The number of nitriles is 1. The molecule has 3 aromatic rings. The highest BCUT2D eigenvalue weighted by Gasteiger charge is 2.30. The van der Waals surface area contributed by atoms with Crippen LogP contribution in [0.2, 0.25) is 0 Å². The molecule has 1 amide bonds. The van der Waals surface area contributed by atoms with Gasteiger partial charge in [-0.05, 0) is 56.2 Å². The maximum Gasteiger partial charge on any atom is 0.266 e. The lowest BCUT2D eigenvalue weighted by molar-refractivity contribution is -0.120. The molecule has 7 nitrogen and oxygen atoms in total. The molecule has 0 aliphatic rings. The third kappa shape index (κ3) is 4.94. The molecule has 3 rings (SSSR count). The molecule has 1 atom stereocenters. The van der Waals surface area contributed by atoms with Crippen LogP contribution >= 0.6 is 11.8 Å². The molecule has 8 heteroatoms. The minimum atomic E-state index is -0.969. The number of aromatic nitrogens is 2. The van der Waals surface area contributed by atoms with Crippen LogP contribution in [-0.2, 0) is 4.79 Å². The highest BCUT2D eigenvalue weighted by Crippen LogP contribution is 2.23. The summed E-state index contributed by atoms with van der Waals surface area (Å²) in [7, 11) is 0. The van der Waals surface area contributed by atoms with Gasteiger partial charge in [0.25, 0.3) is 5.56 Å². The predicted molar refractivity (Wildman–Crippen MR) is 126 cm³/mol. The van der Waals surface area contributed by atoms with E-state index in [1.807, 2.05) is 26.8 Å². The maximum absolute atomic E-state index is 13.3. The maximum atomic E-state index is 13.3. The number of hydrogen-bond donors (Lipinski definition) is 1. The van der Waals surface area contributed by atoms with Gasteiger partial charge in [-0.25, -0.2) is 4.98 Å². The van der Waals surface area contributed by atoms with Gasteiger partial charge in [-0.15, -0.1) is 0 Å². The van der Waals surface area contributed by atoms with Crippen molar-refractivity contribution in [3.05, 3.63) is 58.9 Å². The molecule has 0 saturated carbocycles. The minimum absolute atomic E-state index is 0.0196. The van der Waals surface area contributed by atoms with E-state index in [1.165, 1.54) is 4.57 Å². The van der Waals surface area contributed by atoms with Crippen molar-refractivity contribution in [2.45, 2.75) is 38.4 Å². The zero-order valence-corrected chi connectivity index (χ0v) is 19.4. The lowest BCUT2D eigenvalue weighted by Gasteiger charge is -2.27. The van der Waals surface area contributed by atoms with E-state index in [4.69, 9.17) is 4.74 Å². The molecule has 32 heavy (non-hydrogen) atoms. The second-order valence-electron chi connectivity index (χ2n) is 7.78. The summed E-state index contributed by atoms with van der Waals surface area (Å²) in [6.07, 6.45) is 0. The topological polar surface area (TPSA) is 97.0 Å². The van der Waals surface area contributed by atoms with Gasteiger partial charge in [0.2, 0.25) is 5.91 Å². The minimum Gasteiger partial charge on any atom is -0.494 e. The number of nitrogens with zero attached hydrogens (tertiary/aromatic N) is 3. The molecular weight excluding hydrogens is 424 g/mol. The molecule has 0 bridgehead atoms. The fraction of sp³-hybridized carbons (Fsp3) is 0.333. The van der Waals surface area contributed by atoms with E-state index in [-0.39, 0.29) is 23.1 Å². The average Bonchev–Trinajstić information content (AvgIpc) is 2.78. The Bertz CT molecular complexity index is 1210. The lowest BCUT2D eigenvalue weighted by atomic mass is 9.90. The molecule has 166 valence electrons. The van der Waals surface area contributed by atoms with Gasteiger partial charge < -0.3 is 10.1 Å². The van der Waals surface area contributed by atoms with Gasteiger partial charge in [-0.2, -0.15) is 5.26 Å². The van der Waals surface area contributed by atoms with E-state index in [9.17, 15) is 14.9 Å². The fourth-order valence-corrected chi connectivity index (χ4v) is 3.86. The van der Waals surface area contributed by atoms with Crippen LogP contribution in [-0.4, -0.2) is 33.4 Å². The predicted octanol–water partition coefficient (Wildman–Crippen LogP) is 3.93. The van der Waals surface area contributed by atoms with Crippen LogP contribution < -0.4 is 15.6 Å². The van der Waals surface area contributed by atoms with Gasteiger partial charge in [0.15, 0.2) is 5.16 Å². The highest BCUT2D eigenvalue weighted by molar-refractivity contribution is 7.99. The van der Waals surface area contributed by atoms with E-state index in [2.05, 4.69) is 16.4 Å². The normalized spacial score (nSPS) is 12.9. The number of carbonyl (C=O) groups excluding carboxylic acids is 1. The van der Waals surface area contributed by atoms with E-state index >= 15 is 0 Å². The van der Waals surface area contributed by atoms with Gasteiger partial charge >= 0.3 is 0 Å². The lowest BCUT2D eigenvalue weighted by Crippen LogP contribution is -2.49. The first-order valence-corrected chi connectivity index (χ1v) is 11.4. The van der Waals surface area contributed by atoms with Crippen LogP contribution in [0.5, 0.6) is 5.75 Å². The average molecular weight is 451 g/mol. The SMILES string of the molecule is CCOc1ccc(-n2c(SCC(=O)NC(C)(C#N)C(C)C)nc3ccccc3c2=O)cc1. The first kappa shape index (κ1) is 23.4. The van der Waals surface area contributed by atoms with Gasteiger partial charge in [0, 0.05) is 0 Å². The standard InChI is InChI=1S/C24H26N4O3S/c1-5-31-18-12-10-17(11-13-18)28-22(30)19-8-6-7-9-20(19)26-23(28)32-14-21(29)27-24(4,15-25)16(2)3/h6-13,16H,5,14H2,1-4H3,(H,27,29). The monoisotopic (exact) mass is 450 g/mol. The van der Waals surface area contributed by atoms with Crippen LogP contribution in [0.25, 0.3) is 16.6 Å². The summed E-state index contributed by atoms with van der Waals surface area (Å²) in [4.78, 5) is 30.5. The van der Waals surface area contributed by atoms with Crippen LogP contribution in [0.4, 0.5) is 0 Å². The van der Waals surface area contributed by atoms with Crippen molar-refractivity contribution >= 4 is 28.6 Å². The third-order valence-corrected chi connectivity index (χ3v) is 6.21. The van der Waals surface area contributed by atoms with Crippen molar-refractivity contribution in [2.75, 3.05) is 12.4 Å². The van der Waals surface area contributed by atoms with Crippen LogP contribution in [0.3, 0.4) is 0 Å². The van der Waals surface area contributed by atoms with E-state index in [0.717, 1.165) is 11.8 Å². The Morgan fingerprint density at radius 3 is 2.56 bits per heavy atom. The Hall–Kier alpha value is -3.31. The molecule has 2 aromatic carbocycles. The number of benzene rings is 2. The van der Waals surface area contributed by atoms with Crippen molar-refractivity contribution in [2.24, 2.45) is 5.92 Å². The molecule has 0 aliphatic heterocycles. The summed E-state index contributed by atoms with van der Waals surface area (Å²) < 4.78 is 7.00. The number of amides is 1. The van der Waals surface area contributed by atoms with Crippen molar-refractivity contribution in [1.82, 2.24) is 14.9 Å². The number of hydrogen-bond acceptors (Lipinski definition) is 6. The first-order valence-electron chi connectivity index (χ1n) is 10.4. The number of para-hydroxylation sites is 1. The first-order chi connectivity index (χ1) is 15.3. The Balaban J connectivity index is 1.97. The Labute approximate surface area is 191 Å². The molecule has 1 heterocycles. The zero-order chi connectivity index (χ0) is 23.3. The summed E-state index contributed by atoms with van der Waals surface area (Å²) in [5.41, 5.74) is 0.00507. The molecule has 1 unspecified atom stereocenters. The number of rotatable bonds is 8. The summed E-state index contributed by atoms with van der Waals surface area (Å²) in [6.45, 7) is 7.91. The fourth-order valence-electron chi connectivity index (χ4n) is 3.05. The smallest absolute Gasteiger partial charge is 0.266 e. The summed E-state index contributed by atoms with van der Waals surface area (Å²) in [5.74, 6) is 0.373.